The van der Waals surface area contributed by atoms with Gasteiger partial charge in [0.25, 0.3) is 0 Å². The summed E-state index contributed by atoms with van der Waals surface area (Å²) >= 11 is 4.94. The van der Waals surface area contributed by atoms with E-state index in [0.29, 0.717) is 44.5 Å². The van der Waals surface area contributed by atoms with Gasteiger partial charge in [0.15, 0.2) is 0 Å². The van der Waals surface area contributed by atoms with Gasteiger partial charge in [-0.05, 0) is 98.5 Å². The molecular weight excluding hydrogens is 753 g/mol. The highest BCUT2D eigenvalue weighted by molar-refractivity contribution is 7.38. The van der Waals surface area contributed by atoms with Crippen molar-refractivity contribution in [1.82, 2.24) is 0 Å². The van der Waals surface area contributed by atoms with Gasteiger partial charge >= 0.3 is 23.9 Å². The van der Waals surface area contributed by atoms with Gasteiger partial charge < -0.3 is 18.9 Å². The van der Waals surface area contributed by atoms with Gasteiger partial charge in [-0.2, -0.15) is 0 Å². The molecule has 0 aromatic carbocycles. The summed E-state index contributed by atoms with van der Waals surface area (Å²) in [6.45, 7) is 7.81. The number of hydrogen-bond donors (Lipinski definition) is 0. The summed E-state index contributed by atoms with van der Waals surface area (Å²) in [5.74, 6) is 11.1. The Hall–Kier alpha value is -5.98. The maximum atomic E-state index is 12.7. The summed E-state index contributed by atoms with van der Waals surface area (Å²) in [7, 11) is 0. The second-order valence-corrected chi connectivity index (χ2v) is 15.1. The molecule has 274 valence electrons. The van der Waals surface area contributed by atoms with Crippen LogP contribution >= 0.6 is 34.0 Å². The molecule has 0 N–H and O–H groups in total. The quantitative estimate of drug-likeness (QED) is 0.0853. The summed E-state index contributed by atoms with van der Waals surface area (Å²) in [5.41, 5.74) is 5.06. The molecule has 0 bridgehead atoms. The lowest BCUT2D eigenvalue weighted by Crippen LogP contribution is -2.05. The third-order valence-electron chi connectivity index (χ3n) is 8.50. The van der Waals surface area contributed by atoms with Crippen molar-refractivity contribution in [2.45, 2.75) is 27.7 Å². The maximum absolute atomic E-state index is 12.7. The summed E-state index contributed by atoms with van der Waals surface area (Å²) in [6.07, 6.45) is 0. The molecule has 55 heavy (non-hydrogen) atoms. The molecule has 4 aliphatic rings. The van der Waals surface area contributed by atoms with Crippen LogP contribution in [0.4, 0.5) is 0 Å². The molecule has 0 saturated heterocycles. The van der Waals surface area contributed by atoms with Crippen LogP contribution in [0.15, 0.2) is 72.8 Å². The van der Waals surface area contributed by atoms with Crippen molar-refractivity contribution in [2.75, 3.05) is 26.4 Å². The lowest BCUT2D eigenvalue weighted by Gasteiger charge is -2.02. The predicted molar refractivity (Wildman–Crippen MR) is 217 cm³/mol. The Morgan fingerprint density at radius 1 is 0.436 bits per heavy atom. The molecule has 3 aromatic heterocycles. The molecule has 0 saturated carbocycles. The number of carbonyl (C=O) groups is 4. The average molecular weight is 785 g/mol. The molecular formula is C44H32O8S3. The van der Waals surface area contributed by atoms with Crippen molar-refractivity contribution in [1.29, 1.82) is 0 Å². The molecule has 0 amide bonds. The predicted octanol–water partition coefficient (Wildman–Crippen LogP) is 9.89. The summed E-state index contributed by atoms with van der Waals surface area (Å²) < 4.78 is 25.6. The number of esters is 4. The van der Waals surface area contributed by atoms with Gasteiger partial charge in [0.1, 0.15) is 0 Å². The second-order valence-electron chi connectivity index (χ2n) is 11.9. The number of rotatable bonds is 8. The summed E-state index contributed by atoms with van der Waals surface area (Å²) in [6, 6.07) is 21.7. The zero-order valence-electron chi connectivity index (χ0n) is 30.2. The van der Waals surface area contributed by atoms with E-state index in [1.54, 1.807) is 86.0 Å². The van der Waals surface area contributed by atoms with E-state index in [9.17, 15) is 19.2 Å². The van der Waals surface area contributed by atoms with Crippen LogP contribution in [0.1, 0.15) is 90.0 Å². The minimum absolute atomic E-state index is 0.217. The highest BCUT2D eigenvalue weighted by Crippen LogP contribution is 2.43. The van der Waals surface area contributed by atoms with E-state index < -0.39 is 23.9 Å². The third kappa shape index (κ3) is 7.56. The Balaban J connectivity index is 1.16. The molecule has 0 radical (unpaired) electrons. The minimum Gasteiger partial charge on any atom is -0.462 e. The molecule has 8 nitrogen and oxygen atoms in total. The molecule has 3 heterocycles. The molecule has 3 aromatic rings. The van der Waals surface area contributed by atoms with Gasteiger partial charge in [-0.3, -0.25) is 0 Å². The standard InChI is InChI=1S/C44H32O8S3/c1-5-49-41(45)33-23-34(42(46)50-6-2)30-18-12-25(11-17-29(30)33)9-15-27-21-37-39(53-27)40-38(55-37)22-28(54-40)16-10-26-13-19-31-32(20-14-26)36(44(48)52-8-4)24-35(31)43(47)51-7-3/h11-14,17-24H,5-8H2,1-4H3. The van der Waals surface area contributed by atoms with Gasteiger partial charge in [0.2, 0.25) is 0 Å². The topological polar surface area (TPSA) is 105 Å². The van der Waals surface area contributed by atoms with Crippen molar-refractivity contribution >= 4 is 76.7 Å². The van der Waals surface area contributed by atoms with Crippen molar-refractivity contribution in [3.8, 4) is 45.9 Å². The van der Waals surface area contributed by atoms with E-state index >= 15 is 0 Å². The lowest BCUT2D eigenvalue weighted by atomic mass is 10.1. The maximum Gasteiger partial charge on any atom is 0.338 e. The molecule has 11 heteroatoms. The van der Waals surface area contributed by atoms with Crippen LogP contribution in [0.5, 0.6) is 0 Å². The first-order chi connectivity index (χ1) is 26.7. The van der Waals surface area contributed by atoms with Crippen LogP contribution in [0.3, 0.4) is 0 Å². The van der Waals surface area contributed by atoms with Gasteiger partial charge in [0, 0.05) is 20.5 Å². The van der Waals surface area contributed by atoms with E-state index in [4.69, 9.17) is 18.9 Å². The van der Waals surface area contributed by atoms with Gasteiger partial charge in [-0.1, -0.05) is 47.9 Å². The van der Waals surface area contributed by atoms with E-state index in [1.165, 1.54) is 12.1 Å². The monoisotopic (exact) mass is 784 g/mol. The zero-order chi connectivity index (χ0) is 38.6. The molecule has 7 rings (SSSR count). The van der Waals surface area contributed by atoms with E-state index in [-0.39, 0.29) is 26.4 Å². The minimum atomic E-state index is -0.500. The highest BCUT2D eigenvalue weighted by atomic mass is 32.1. The number of ether oxygens (including phenoxy) is 4. The van der Waals surface area contributed by atoms with E-state index in [1.807, 2.05) is 24.3 Å². The second kappa shape index (κ2) is 16.2. The number of thiophene rings is 3. The fourth-order valence-corrected chi connectivity index (χ4v) is 9.84. The SMILES string of the molecule is CCOC(=O)c1cc(C(=O)OCC)c2ccc(C#Cc3cc4sc5cc(C#Cc6ccc7c(C(=O)OCC)cc(C(=O)OCC)c-7cc6)sc5c4s3)ccc1-2. The van der Waals surface area contributed by atoms with Crippen molar-refractivity contribution in [3.05, 3.63) is 116 Å². The first-order valence-electron chi connectivity index (χ1n) is 17.5. The normalized spacial score (nSPS) is 10.8. The first kappa shape index (κ1) is 37.3. The van der Waals surface area contributed by atoms with E-state index in [2.05, 4.69) is 35.8 Å². The summed E-state index contributed by atoms with van der Waals surface area (Å²) in [4.78, 5) is 52.7. The molecule has 0 spiro atoms. The summed E-state index contributed by atoms with van der Waals surface area (Å²) in [5, 5.41) is 0. The average Bonchev–Trinajstić information content (AvgIpc) is 3.93. The molecule has 0 fully saturated rings. The first-order valence-corrected chi connectivity index (χ1v) is 20.0. The molecule has 0 atom stereocenters. The van der Waals surface area contributed by atoms with Crippen molar-refractivity contribution < 1.29 is 38.1 Å². The Morgan fingerprint density at radius 3 is 1.04 bits per heavy atom. The number of fused-ring (bicyclic) bond motifs is 5. The number of carbonyl (C=O) groups excluding carboxylic acids is 4. The Labute approximate surface area is 329 Å². The smallest absolute Gasteiger partial charge is 0.338 e. The fourth-order valence-electron chi connectivity index (χ4n) is 6.11. The third-order valence-corrected chi connectivity index (χ3v) is 12.1. The van der Waals surface area contributed by atoms with Crippen molar-refractivity contribution in [3.63, 3.8) is 0 Å². The van der Waals surface area contributed by atoms with Gasteiger partial charge in [-0.25, -0.2) is 19.2 Å². The number of hydrogen-bond acceptors (Lipinski definition) is 11. The lowest BCUT2D eigenvalue weighted by molar-refractivity contribution is 0.0511. The van der Waals surface area contributed by atoms with Crippen LogP contribution in [-0.2, 0) is 18.9 Å². The van der Waals surface area contributed by atoms with Gasteiger partial charge in [0.05, 0.1) is 67.8 Å². The van der Waals surface area contributed by atoms with E-state index in [0.717, 1.165) is 39.7 Å². The van der Waals surface area contributed by atoms with Gasteiger partial charge in [-0.15, -0.1) is 34.0 Å². The van der Waals surface area contributed by atoms with Crippen molar-refractivity contribution in [2.24, 2.45) is 0 Å². The van der Waals surface area contributed by atoms with Crippen LogP contribution in [0.25, 0.3) is 41.1 Å². The Morgan fingerprint density at radius 2 is 0.745 bits per heavy atom. The van der Waals surface area contributed by atoms with Crippen LogP contribution in [0, 0.1) is 23.7 Å². The van der Waals surface area contributed by atoms with Crippen LogP contribution in [-0.4, -0.2) is 50.3 Å². The Kier molecular flexibility index (Phi) is 11.0. The molecule has 4 aliphatic carbocycles. The molecule has 0 aliphatic heterocycles. The zero-order valence-corrected chi connectivity index (χ0v) is 32.7. The van der Waals surface area contributed by atoms with Crippen LogP contribution in [0.2, 0.25) is 0 Å². The molecule has 0 unspecified atom stereocenters. The fraction of sp³-hybridized carbons (Fsp3) is 0.182. The highest BCUT2D eigenvalue weighted by Gasteiger charge is 2.26. The Bertz CT molecular complexity index is 2420. The largest absolute Gasteiger partial charge is 0.462 e. The van der Waals surface area contributed by atoms with Crippen LogP contribution < -0.4 is 0 Å².